The summed E-state index contributed by atoms with van der Waals surface area (Å²) >= 11 is 1.01. The zero-order valence-corrected chi connectivity index (χ0v) is 10.5. The second-order valence-corrected chi connectivity index (χ2v) is 5.46. The molecule has 1 unspecified atom stereocenters. The second-order valence-electron chi connectivity index (χ2n) is 4.52. The molecule has 0 aromatic carbocycles. The highest BCUT2D eigenvalue weighted by atomic mass is 32.1. The average molecular weight is 282 g/mol. The Balaban J connectivity index is 1.95. The van der Waals surface area contributed by atoms with Crippen LogP contribution in [0, 0.1) is 5.92 Å². The molecule has 0 amide bonds. The number of hydrogen-bond donors (Lipinski definition) is 0. The molecule has 2 nitrogen and oxygen atoms in total. The van der Waals surface area contributed by atoms with Crippen LogP contribution in [0.15, 0.2) is 5.38 Å². The number of halogens is 4. The largest absolute Gasteiger partial charge is 0.434 e. The van der Waals surface area contributed by atoms with E-state index in [9.17, 15) is 17.6 Å². The quantitative estimate of drug-likeness (QED) is 0.790. The molecule has 0 N–H and O–H groups in total. The van der Waals surface area contributed by atoms with Crippen LogP contribution in [-0.2, 0) is 12.7 Å². The predicted octanol–water partition coefficient (Wildman–Crippen LogP) is 3.34. The van der Waals surface area contributed by atoms with Crippen molar-refractivity contribution in [3.05, 3.63) is 16.1 Å². The molecule has 1 aliphatic rings. The Labute approximate surface area is 107 Å². The van der Waals surface area contributed by atoms with Crippen LogP contribution in [-0.4, -0.2) is 29.6 Å². The smallest absolute Gasteiger partial charge is 0.296 e. The molecule has 1 aromatic rings. The third-order valence-electron chi connectivity index (χ3n) is 3.02. The first kappa shape index (κ1) is 13.7. The highest BCUT2D eigenvalue weighted by Crippen LogP contribution is 2.30. The van der Waals surface area contributed by atoms with Crippen LogP contribution < -0.4 is 0 Å². The highest BCUT2D eigenvalue weighted by Gasteiger charge is 2.34. The Kier molecular flexibility index (Phi) is 4.21. The normalized spacial score (nSPS) is 22.3. The van der Waals surface area contributed by atoms with Gasteiger partial charge in [-0.1, -0.05) is 0 Å². The molecule has 0 bridgehead atoms. The first-order chi connectivity index (χ1) is 8.49. The van der Waals surface area contributed by atoms with Gasteiger partial charge in [-0.2, -0.15) is 13.2 Å². The van der Waals surface area contributed by atoms with Crippen LogP contribution in [0.2, 0.25) is 0 Å². The van der Waals surface area contributed by atoms with Crippen LogP contribution >= 0.6 is 11.3 Å². The van der Waals surface area contributed by atoms with E-state index in [2.05, 4.69) is 4.98 Å². The Morgan fingerprint density at radius 2 is 2.22 bits per heavy atom. The molecule has 1 aliphatic heterocycles. The van der Waals surface area contributed by atoms with Crippen LogP contribution in [0.1, 0.15) is 23.5 Å². The van der Waals surface area contributed by atoms with Crippen molar-refractivity contribution in [1.29, 1.82) is 0 Å². The molecule has 0 saturated carbocycles. The zero-order valence-electron chi connectivity index (χ0n) is 9.71. The van der Waals surface area contributed by atoms with E-state index in [0.29, 0.717) is 18.1 Å². The van der Waals surface area contributed by atoms with Crippen molar-refractivity contribution in [3.8, 4) is 0 Å². The summed E-state index contributed by atoms with van der Waals surface area (Å²) in [5.74, 6) is 0.0146. The fourth-order valence-corrected chi connectivity index (χ4v) is 2.97. The molecule has 0 spiro atoms. The summed E-state index contributed by atoms with van der Waals surface area (Å²) < 4.78 is 49.7. The fourth-order valence-electron chi connectivity index (χ4n) is 2.13. The van der Waals surface area contributed by atoms with Gasteiger partial charge in [0.05, 0.1) is 13.2 Å². The lowest BCUT2D eigenvalue weighted by Gasteiger charge is -2.30. The summed E-state index contributed by atoms with van der Waals surface area (Å²) in [6.45, 7) is 1.44. The summed E-state index contributed by atoms with van der Waals surface area (Å²) in [4.78, 5) is 5.56. The lowest BCUT2D eigenvalue weighted by atomic mass is 10.00. The summed E-state index contributed by atoms with van der Waals surface area (Å²) in [5.41, 5.74) is -0.832. The first-order valence-electron chi connectivity index (χ1n) is 5.79. The first-order valence-corrected chi connectivity index (χ1v) is 6.67. The minimum Gasteiger partial charge on any atom is -0.296 e. The van der Waals surface area contributed by atoms with Gasteiger partial charge in [0.25, 0.3) is 0 Å². The Morgan fingerprint density at radius 3 is 2.83 bits per heavy atom. The number of likely N-dealkylation sites (tertiary alicyclic amines) is 1. The van der Waals surface area contributed by atoms with Gasteiger partial charge in [0, 0.05) is 17.8 Å². The number of piperidine rings is 1. The van der Waals surface area contributed by atoms with Crippen molar-refractivity contribution in [2.24, 2.45) is 5.92 Å². The summed E-state index contributed by atoms with van der Waals surface area (Å²) in [7, 11) is 0. The van der Waals surface area contributed by atoms with Gasteiger partial charge in [-0.05, 0) is 19.4 Å². The number of thiazole rings is 1. The molecule has 1 atom stereocenters. The number of aromatic nitrogens is 1. The van der Waals surface area contributed by atoms with E-state index in [0.717, 1.165) is 36.1 Å². The van der Waals surface area contributed by atoms with Gasteiger partial charge < -0.3 is 0 Å². The Hall–Kier alpha value is -0.690. The van der Waals surface area contributed by atoms with Gasteiger partial charge in [-0.3, -0.25) is 9.29 Å². The van der Waals surface area contributed by atoms with Gasteiger partial charge in [-0.15, -0.1) is 11.3 Å². The van der Waals surface area contributed by atoms with E-state index in [1.54, 1.807) is 0 Å². The molecule has 1 saturated heterocycles. The van der Waals surface area contributed by atoms with Crippen LogP contribution in [0.4, 0.5) is 17.6 Å². The molecule has 2 rings (SSSR count). The van der Waals surface area contributed by atoms with E-state index in [1.165, 1.54) is 0 Å². The van der Waals surface area contributed by atoms with Gasteiger partial charge in [0.1, 0.15) is 5.01 Å². The third-order valence-corrected chi connectivity index (χ3v) is 3.86. The number of hydrogen-bond acceptors (Lipinski definition) is 3. The number of nitrogens with zero attached hydrogens (tertiary/aromatic N) is 2. The third kappa shape index (κ3) is 3.41. The Morgan fingerprint density at radius 1 is 1.44 bits per heavy atom. The maximum Gasteiger partial charge on any atom is 0.434 e. The average Bonchev–Trinajstić information content (AvgIpc) is 2.77. The molecular weight excluding hydrogens is 268 g/mol. The molecule has 102 valence electrons. The summed E-state index contributed by atoms with van der Waals surface area (Å²) in [5, 5.41) is 1.48. The minimum atomic E-state index is -4.38. The van der Waals surface area contributed by atoms with Crippen molar-refractivity contribution in [2.75, 3.05) is 19.8 Å². The fraction of sp³-hybridized carbons (Fsp3) is 0.727. The van der Waals surface area contributed by atoms with E-state index < -0.39 is 11.9 Å². The van der Waals surface area contributed by atoms with Crippen molar-refractivity contribution in [3.63, 3.8) is 0 Å². The van der Waals surface area contributed by atoms with Gasteiger partial charge in [-0.25, -0.2) is 4.98 Å². The molecule has 2 heterocycles. The zero-order chi connectivity index (χ0) is 13.2. The minimum absolute atomic E-state index is 0.0146. The topological polar surface area (TPSA) is 16.1 Å². The van der Waals surface area contributed by atoms with Gasteiger partial charge in [0.2, 0.25) is 0 Å². The number of alkyl halides is 4. The molecule has 1 aromatic heterocycles. The molecule has 7 heteroatoms. The van der Waals surface area contributed by atoms with E-state index in [4.69, 9.17) is 0 Å². The molecule has 0 aliphatic carbocycles. The van der Waals surface area contributed by atoms with E-state index >= 15 is 0 Å². The lowest BCUT2D eigenvalue weighted by Crippen LogP contribution is -2.35. The monoisotopic (exact) mass is 282 g/mol. The van der Waals surface area contributed by atoms with Crippen molar-refractivity contribution in [2.45, 2.75) is 25.6 Å². The van der Waals surface area contributed by atoms with Crippen molar-refractivity contribution >= 4 is 11.3 Å². The van der Waals surface area contributed by atoms with Crippen LogP contribution in [0.25, 0.3) is 0 Å². The lowest BCUT2D eigenvalue weighted by molar-refractivity contribution is -0.140. The SMILES string of the molecule is FCC1CCCN(Cc2nc(C(F)(F)F)cs2)C1. The van der Waals surface area contributed by atoms with Crippen molar-refractivity contribution in [1.82, 2.24) is 9.88 Å². The molecule has 1 fully saturated rings. The number of rotatable bonds is 3. The van der Waals surface area contributed by atoms with Crippen LogP contribution in [0.5, 0.6) is 0 Å². The maximum absolute atomic E-state index is 12.6. The molecular formula is C11H14F4N2S. The molecule has 0 radical (unpaired) electrons. The summed E-state index contributed by atoms with van der Waals surface area (Å²) in [6, 6.07) is 0. The van der Waals surface area contributed by atoms with Gasteiger partial charge >= 0.3 is 6.18 Å². The summed E-state index contributed by atoms with van der Waals surface area (Å²) in [6.07, 6.45) is -2.62. The second kappa shape index (κ2) is 5.52. The van der Waals surface area contributed by atoms with E-state index in [1.807, 2.05) is 4.90 Å². The maximum atomic E-state index is 12.6. The van der Waals surface area contributed by atoms with Crippen LogP contribution in [0.3, 0.4) is 0 Å². The van der Waals surface area contributed by atoms with E-state index in [-0.39, 0.29) is 12.6 Å². The highest BCUT2D eigenvalue weighted by molar-refractivity contribution is 7.09. The standard InChI is InChI=1S/C11H14F4N2S/c12-4-8-2-1-3-17(5-8)6-10-16-9(7-18-10)11(13,14)15/h7-8H,1-6H2. The Bertz CT molecular complexity index is 391. The molecule has 18 heavy (non-hydrogen) atoms. The van der Waals surface area contributed by atoms with Gasteiger partial charge in [0.15, 0.2) is 5.69 Å². The predicted molar refractivity (Wildman–Crippen MR) is 61.1 cm³/mol. The van der Waals surface area contributed by atoms with Crippen molar-refractivity contribution < 1.29 is 17.6 Å².